The highest BCUT2D eigenvalue weighted by atomic mass is 31.2. The first-order valence-electron chi connectivity index (χ1n) is 46.5. The van der Waals surface area contributed by atoms with Gasteiger partial charge in [-0.3, -0.25) is 81.5 Å². The molecule has 810 valence electrons. The van der Waals surface area contributed by atoms with E-state index in [0.717, 1.165) is 83.1 Å². The minimum Gasteiger partial charge on any atom is -0.463 e. The van der Waals surface area contributed by atoms with Gasteiger partial charge in [0.1, 0.15) is 68.3 Å². The van der Waals surface area contributed by atoms with Gasteiger partial charge in [0.2, 0.25) is 47.3 Å². The molecule has 0 saturated carbocycles. The Morgan fingerprint density at radius 3 is 0.880 bits per heavy atom. The topological polar surface area (TPSA) is 653 Å². The molecule has 53 nitrogen and oxygen atoms in total. The quantitative estimate of drug-likeness (QED) is 0.0138. The zero-order valence-corrected chi connectivity index (χ0v) is 84.5. The molecule has 0 aromatic rings. The SMILES string of the molecule is CC(=O)NC1C(OCCOCCNC(=O)CCC(NC(=O)CCC(NC(=O)CCOCCOCCOCCOCCOCCOCCOP(OCCC#N)N(C(C)C)C(C)C)C(=O)NCCOCCOC2OC(COC(C)=O)C(OC(C)=O)C(OC(C)=O)C2NC(C)=O)C(=O)NCCOCCOC2OC(COC(C)=O)C(OC(C)=O)C(OC(C)=O)C2NC(C)=O)OC(COC(C)=O)C(OC(C)=O)C1OC(C)=O. The van der Waals surface area contributed by atoms with Gasteiger partial charge >= 0.3 is 53.7 Å². The lowest BCUT2D eigenvalue weighted by molar-refractivity contribution is -0.279. The van der Waals surface area contributed by atoms with E-state index in [0.29, 0.717) is 46.2 Å². The van der Waals surface area contributed by atoms with E-state index in [2.05, 4.69) is 81.0 Å². The molecule has 3 aliphatic rings. The Morgan fingerprint density at radius 2 is 0.585 bits per heavy atom. The van der Waals surface area contributed by atoms with Gasteiger partial charge in [-0.1, -0.05) is 0 Å². The molecule has 0 aromatic heterocycles. The van der Waals surface area contributed by atoms with Crippen molar-refractivity contribution in [1.29, 1.82) is 5.26 Å². The fourth-order valence-corrected chi connectivity index (χ4v) is 15.4. The van der Waals surface area contributed by atoms with E-state index < -0.39 is 253 Å². The molecule has 8 N–H and O–H groups in total. The molecular weight excluding hydrogens is 1920 g/mol. The summed E-state index contributed by atoms with van der Waals surface area (Å²) < 4.78 is 149. The first-order valence-corrected chi connectivity index (χ1v) is 47.6. The summed E-state index contributed by atoms with van der Waals surface area (Å²) in [7, 11) is -1.37. The molecule has 0 bridgehead atoms. The summed E-state index contributed by atoms with van der Waals surface area (Å²) in [6.45, 7) is 20.8. The highest BCUT2D eigenvalue weighted by Crippen LogP contribution is 2.46. The van der Waals surface area contributed by atoms with Crippen LogP contribution in [0, 0.1) is 11.3 Å². The van der Waals surface area contributed by atoms with E-state index in [-0.39, 0.29) is 157 Å². The predicted octanol–water partition coefficient (Wildman–Crippen LogP) is -2.28. The minimum atomic E-state index is -1.47. The predicted molar refractivity (Wildman–Crippen MR) is 484 cm³/mol. The normalized spacial score (nSPS) is 21.5. The van der Waals surface area contributed by atoms with E-state index in [4.69, 9.17) is 128 Å². The number of esters is 9. The van der Waals surface area contributed by atoms with Crippen LogP contribution in [0.2, 0.25) is 0 Å². The highest BCUT2D eigenvalue weighted by molar-refractivity contribution is 7.44. The number of carbonyl (C=O) groups excluding carboxylic acids is 17. The lowest BCUT2D eigenvalue weighted by Crippen LogP contribution is -2.66. The van der Waals surface area contributed by atoms with Crippen molar-refractivity contribution in [3.63, 3.8) is 0 Å². The number of nitrogens with zero attached hydrogens (tertiary/aromatic N) is 2. The Kier molecular flexibility index (Phi) is 65.2. The maximum atomic E-state index is 14.2. The lowest BCUT2D eigenvalue weighted by Gasteiger charge is -2.44. The van der Waals surface area contributed by atoms with Crippen molar-refractivity contribution < 1.29 is 204 Å². The Hall–Kier alpha value is -9.81. The third-order valence-corrected chi connectivity index (χ3v) is 21.6. The summed E-state index contributed by atoms with van der Waals surface area (Å²) in [5, 5.41) is 29.8. The summed E-state index contributed by atoms with van der Waals surface area (Å²) in [6.07, 6.45) is -18.2. The van der Waals surface area contributed by atoms with Gasteiger partial charge in [-0.25, -0.2) is 4.67 Å². The zero-order valence-electron chi connectivity index (χ0n) is 83.6. The van der Waals surface area contributed by atoms with Crippen LogP contribution >= 0.6 is 8.53 Å². The van der Waals surface area contributed by atoms with Gasteiger partial charge in [0.05, 0.1) is 164 Å². The molecule has 18 atom stereocenters. The molecule has 8 amide bonds. The third kappa shape index (κ3) is 55.3. The number of hydrogen-bond acceptors (Lipinski definition) is 45. The van der Waals surface area contributed by atoms with Crippen LogP contribution in [0.5, 0.6) is 0 Å². The summed E-state index contributed by atoms with van der Waals surface area (Å²) in [6, 6.07) is -4.33. The van der Waals surface area contributed by atoms with E-state index in [1.807, 2.05) is 0 Å². The van der Waals surface area contributed by atoms with Gasteiger partial charge in [-0.05, 0) is 40.5 Å². The monoisotopic (exact) mass is 2060 g/mol. The lowest BCUT2D eigenvalue weighted by atomic mass is 9.96. The second kappa shape index (κ2) is 73.3. The van der Waals surface area contributed by atoms with Crippen molar-refractivity contribution in [1.82, 2.24) is 47.2 Å². The largest absolute Gasteiger partial charge is 0.463 e. The number of carbonyl (C=O) groups is 17. The van der Waals surface area contributed by atoms with Crippen LogP contribution in [-0.2, 0) is 204 Å². The number of nitriles is 1. The van der Waals surface area contributed by atoms with Crippen LogP contribution in [0.15, 0.2) is 0 Å². The maximum Gasteiger partial charge on any atom is 0.303 e. The van der Waals surface area contributed by atoms with Crippen molar-refractivity contribution in [2.45, 2.75) is 265 Å². The van der Waals surface area contributed by atoms with E-state index in [1.54, 1.807) is 0 Å². The van der Waals surface area contributed by atoms with Crippen LogP contribution < -0.4 is 42.5 Å². The maximum absolute atomic E-state index is 14.2. The Balaban J connectivity index is 1.76. The molecule has 3 rings (SSSR count). The molecule has 54 heteroatoms. The van der Waals surface area contributed by atoms with Crippen LogP contribution in [0.25, 0.3) is 0 Å². The van der Waals surface area contributed by atoms with E-state index in [1.165, 1.54) is 0 Å². The molecule has 0 aliphatic carbocycles. The average Bonchev–Trinajstić information content (AvgIpc) is 0.793. The molecule has 3 saturated heterocycles. The van der Waals surface area contributed by atoms with E-state index in [9.17, 15) is 81.5 Å². The Bertz CT molecular complexity index is 3890. The zero-order chi connectivity index (χ0) is 105. The first kappa shape index (κ1) is 126. The van der Waals surface area contributed by atoms with Gasteiger partial charge in [0.15, 0.2) is 55.5 Å². The highest BCUT2D eigenvalue weighted by Gasteiger charge is 2.55. The number of ether oxygens (including phenoxy) is 24. The van der Waals surface area contributed by atoms with Gasteiger partial charge in [0.25, 0.3) is 8.53 Å². The van der Waals surface area contributed by atoms with E-state index >= 15 is 0 Å². The molecule has 3 aliphatic heterocycles. The van der Waals surface area contributed by atoms with Crippen LogP contribution in [0.4, 0.5) is 0 Å². The second-order valence-corrected chi connectivity index (χ2v) is 33.6. The van der Waals surface area contributed by atoms with Crippen molar-refractivity contribution in [3.8, 4) is 6.07 Å². The first-order chi connectivity index (χ1) is 67.6. The fraction of sp³-hybridized carbons (Fsp3) is 0.795. The number of nitrogens with one attached hydrogen (secondary N) is 8. The standard InChI is InChI=1S/C88H145N10O43P/c1-53(2)98(54(3)4)142(131-27-17-23-89)132-49-45-124-41-40-123-39-38-122-37-36-121-35-34-120-33-32-116-28-22-74(113)97-68(85(115)92-26-31-119-44-48-127-88-77(95-57(7)101)83(138-66(16)110)80(135-63(13)107)71(141-88)52-130-60(10)104)19-21-73(112)96-67(84(114)91-25-30-118-43-47-126-87-76(94-56(6)100)82(137-65(15)109)79(134-62(12)106)70(140-87)51-129-59(9)103)18-20-72(111)90-24-29-117-42-46-125-86-75(93-55(5)99)81(136-64(14)108)78(133-61(11)105)69(139-86)50-128-58(8)102/h53-54,67-71,75-83,86-88H,17-22,24-52H2,1-16H3,(H,90,111)(H,91,114)(H,92,115)(H,93,99)(H,94,100)(H,95,101)(H,96,112)(H,97,113). The molecule has 0 aromatic carbocycles. The summed E-state index contributed by atoms with van der Waals surface area (Å²) in [5.74, 6) is -12.8. The van der Waals surface area contributed by atoms with Gasteiger partial charge in [-0.15, -0.1) is 0 Å². The van der Waals surface area contributed by atoms with Crippen molar-refractivity contribution >= 4 is 110 Å². The van der Waals surface area contributed by atoms with Crippen molar-refractivity contribution in [2.75, 3.05) is 191 Å². The van der Waals surface area contributed by atoms with Crippen molar-refractivity contribution in [3.05, 3.63) is 0 Å². The number of hydrogen-bond donors (Lipinski definition) is 8. The molecule has 3 heterocycles. The third-order valence-electron chi connectivity index (χ3n) is 19.5. The summed E-state index contributed by atoms with van der Waals surface area (Å²) >= 11 is 0. The van der Waals surface area contributed by atoms with Gasteiger partial charge in [-0.2, -0.15) is 5.26 Å². The van der Waals surface area contributed by atoms with Crippen LogP contribution in [-0.4, -0.2) is 413 Å². The van der Waals surface area contributed by atoms with Gasteiger partial charge in [0, 0.05) is 134 Å². The minimum absolute atomic E-state index is 0.0536. The van der Waals surface area contributed by atoms with Crippen LogP contribution in [0.1, 0.15) is 149 Å². The van der Waals surface area contributed by atoms with Crippen molar-refractivity contribution in [2.24, 2.45) is 0 Å². The molecule has 0 radical (unpaired) electrons. The smallest absolute Gasteiger partial charge is 0.303 e. The summed E-state index contributed by atoms with van der Waals surface area (Å²) in [5.41, 5.74) is 0. The Labute approximate surface area is 825 Å². The molecule has 0 spiro atoms. The molecule has 142 heavy (non-hydrogen) atoms. The van der Waals surface area contributed by atoms with Crippen LogP contribution in [0.3, 0.4) is 0 Å². The Morgan fingerprint density at radius 1 is 0.317 bits per heavy atom. The molecule has 18 unspecified atom stereocenters. The molecule has 3 fully saturated rings. The average molecular weight is 2060 g/mol. The fourth-order valence-electron chi connectivity index (χ4n) is 13.8. The summed E-state index contributed by atoms with van der Waals surface area (Å²) in [4.78, 5) is 217. The number of amides is 8. The van der Waals surface area contributed by atoms with Gasteiger partial charge < -0.3 is 165 Å². The number of rotatable bonds is 74. The second-order valence-electron chi connectivity index (χ2n) is 32.2. The molecular formula is C88H145N10O43P.